The van der Waals surface area contributed by atoms with Crippen LogP contribution in [0.5, 0.6) is 0 Å². The fraction of sp³-hybridized carbons (Fsp3) is 0.100. The van der Waals surface area contributed by atoms with Crippen LogP contribution in [-0.4, -0.2) is 26.4 Å². The van der Waals surface area contributed by atoms with Gasteiger partial charge in [-0.25, -0.2) is 4.79 Å². The van der Waals surface area contributed by atoms with Crippen molar-refractivity contribution in [2.75, 3.05) is 0 Å². The minimum Gasteiger partial charge on any atom is -0.478 e. The molecule has 0 radical (unpaired) electrons. The summed E-state index contributed by atoms with van der Waals surface area (Å²) < 4.78 is 5.09. The molecule has 82 valence electrons. The lowest BCUT2D eigenvalue weighted by Crippen LogP contribution is -1.95. The van der Waals surface area contributed by atoms with Crippen molar-refractivity contribution in [1.29, 1.82) is 0 Å². The number of aliphatic hydroxyl groups excluding tert-OH is 1. The minimum absolute atomic E-state index is 0.0933. The number of hydrogen-bond donors (Lipinski definition) is 2. The van der Waals surface area contributed by atoms with Crippen LogP contribution in [0.3, 0.4) is 0 Å². The van der Waals surface area contributed by atoms with Crippen molar-refractivity contribution in [3.05, 3.63) is 35.7 Å². The van der Waals surface area contributed by atoms with Gasteiger partial charge in [0, 0.05) is 5.56 Å². The maximum absolute atomic E-state index is 10.7. The average Bonchev–Trinajstić information content (AvgIpc) is 2.77. The fourth-order valence-electron chi connectivity index (χ4n) is 1.22. The average molecular weight is 220 g/mol. The summed E-state index contributed by atoms with van der Waals surface area (Å²) in [6.07, 6.45) is 0. The molecular formula is C10H8N2O4. The first-order chi connectivity index (χ1) is 7.70. The molecule has 16 heavy (non-hydrogen) atoms. The van der Waals surface area contributed by atoms with Crippen molar-refractivity contribution in [3.63, 3.8) is 0 Å². The number of aliphatic hydroxyl groups is 1. The third-order valence-corrected chi connectivity index (χ3v) is 1.96. The molecule has 6 nitrogen and oxygen atoms in total. The monoisotopic (exact) mass is 220 g/mol. The lowest BCUT2D eigenvalue weighted by molar-refractivity contribution is 0.0697. The van der Waals surface area contributed by atoms with E-state index in [0.29, 0.717) is 5.56 Å². The molecule has 1 aromatic carbocycles. The number of hydrogen-bond acceptors (Lipinski definition) is 5. The van der Waals surface area contributed by atoms with Gasteiger partial charge in [0.1, 0.15) is 6.61 Å². The zero-order valence-electron chi connectivity index (χ0n) is 8.12. The number of nitrogens with zero attached hydrogens (tertiary/aromatic N) is 2. The number of benzene rings is 1. The second-order valence-corrected chi connectivity index (χ2v) is 3.05. The normalized spacial score (nSPS) is 10.3. The van der Waals surface area contributed by atoms with Crippen molar-refractivity contribution in [3.8, 4) is 11.5 Å². The molecule has 2 N–H and O–H groups in total. The molecule has 0 saturated carbocycles. The summed E-state index contributed by atoms with van der Waals surface area (Å²) in [6, 6.07) is 6.13. The summed E-state index contributed by atoms with van der Waals surface area (Å²) in [5.41, 5.74) is 0.647. The van der Waals surface area contributed by atoms with Gasteiger partial charge >= 0.3 is 5.97 Å². The number of carbonyl (C=O) groups is 1. The van der Waals surface area contributed by atoms with E-state index in [1.54, 1.807) is 12.1 Å². The van der Waals surface area contributed by atoms with Crippen molar-refractivity contribution in [1.82, 2.24) is 10.2 Å². The van der Waals surface area contributed by atoms with Crippen molar-refractivity contribution in [2.24, 2.45) is 0 Å². The summed E-state index contributed by atoms with van der Waals surface area (Å²) in [7, 11) is 0. The largest absolute Gasteiger partial charge is 0.478 e. The second-order valence-electron chi connectivity index (χ2n) is 3.05. The summed E-state index contributed by atoms with van der Waals surface area (Å²) in [4.78, 5) is 10.7. The molecule has 1 heterocycles. The Balaban J connectivity index is 2.40. The van der Waals surface area contributed by atoms with E-state index in [4.69, 9.17) is 14.6 Å². The number of rotatable bonds is 3. The molecule has 0 aliphatic heterocycles. The fourth-order valence-corrected chi connectivity index (χ4v) is 1.22. The van der Waals surface area contributed by atoms with Gasteiger partial charge in [0.25, 0.3) is 0 Å². The van der Waals surface area contributed by atoms with Crippen LogP contribution in [-0.2, 0) is 6.61 Å². The van der Waals surface area contributed by atoms with Gasteiger partial charge in [-0.3, -0.25) is 0 Å². The van der Waals surface area contributed by atoms with Gasteiger partial charge in [-0.1, -0.05) is 6.07 Å². The summed E-state index contributed by atoms with van der Waals surface area (Å²) >= 11 is 0. The first-order valence-electron chi connectivity index (χ1n) is 4.47. The third kappa shape index (κ3) is 1.91. The number of carboxylic acids is 1. The molecule has 0 fully saturated rings. The van der Waals surface area contributed by atoms with Crippen LogP contribution in [0.25, 0.3) is 11.5 Å². The standard InChI is InChI=1S/C10H8N2O4/c13-5-8-11-12-9(16-8)6-2-1-3-7(4-6)10(14)15/h1-4,13H,5H2,(H,14,15). The molecule has 0 unspecified atom stereocenters. The van der Waals surface area contributed by atoms with Crippen LogP contribution < -0.4 is 0 Å². The van der Waals surface area contributed by atoms with E-state index in [-0.39, 0.29) is 24.0 Å². The Labute approximate surface area is 90.2 Å². The highest BCUT2D eigenvalue weighted by Gasteiger charge is 2.10. The van der Waals surface area contributed by atoms with Gasteiger partial charge in [-0.15, -0.1) is 10.2 Å². The zero-order valence-corrected chi connectivity index (χ0v) is 8.12. The van der Waals surface area contributed by atoms with Crippen LogP contribution in [0.2, 0.25) is 0 Å². The Hall–Kier alpha value is -2.21. The Morgan fingerprint density at radius 2 is 2.19 bits per heavy atom. The van der Waals surface area contributed by atoms with Crippen molar-refractivity contribution >= 4 is 5.97 Å². The molecule has 2 rings (SSSR count). The molecule has 0 bridgehead atoms. The molecule has 0 aliphatic carbocycles. The van der Waals surface area contributed by atoms with Gasteiger partial charge < -0.3 is 14.6 Å². The topological polar surface area (TPSA) is 96.5 Å². The lowest BCUT2D eigenvalue weighted by atomic mass is 10.1. The Bertz CT molecular complexity index is 521. The predicted octanol–water partition coefficient (Wildman–Crippen LogP) is 0.927. The number of aromatic carboxylic acids is 1. The molecule has 0 spiro atoms. The first-order valence-corrected chi connectivity index (χ1v) is 4.47. The Morgan fingerprint density at radius 1 is 1.38 bits per heavy atom. The zero-order chi connectivity index (χ0) is 11.5. The smallest absolute Gasteiger partial charge is 0.335 e. The van der Waals surface area contributed by atoms with E-state index >= 15 is 0 Å². The summed E-state index contributed by atoms with van der Waals surface area (Å²) in [6.45, 7) is -0.342. The molecule has 1 aromatic heterocycles. The molecule has 6 heteroatoms. The van der Waals surface area contributed by atoms with E-state index in [1.807, 2.05) is 0 Å². The highest BCUT2D eigenvalue weighted by molar-refractivity contribution is 5.88. The van der Waals surface area contributed by atoms with Gasteiger partial charge in [0.2, 0.25) is 11.8 Å². The highest BCUT2D eigenvalue weighted by atomic mass is 16.4. The van der Waals surface area contributed by atoms with E-state index < -0.39 is 5.97 Å². The predicted molar refractivity (Wildman–Crippen MR) is 52.6 cm³/mol. The molecule has 0 aliphatic rings. The van der Waals surface area contributed by atoms with Crippen LogP contribution in [0.4, 0.5) is 0 Å². The van der Waals surface area contributed by atoms with Gasteiger partial charge in [0.05, 0.1) is 5.56 Å². The molecule has 0 atom stereocenters. The van der Waals surface area contributed by atoms with E-state index in [2.05, 4.69) is 10.2 Å². The quantitative estimate of drug-likeness (QED) is 0.798. The molecule has 0 amide bonds. The van der Waals surface area contributed by atoms with Gasteiger partial charge in [0.15, 0.2) is 0 Å². The van der Waals surface area contributed by atoms with E-state index in [9.17, 15) is 4.79 Å². The number of aromatic nitrogens is 2. The Kier molecular flexibility index (Phi) is 2.65. The van der Waals surface area contributed by atoms with Crippen LogP contribution in [0, 0.1) is 0 Å². The summed E-state index contributed by atoms with van der Waals surface area (Å²) in [5, 5.41) is 24.8. The minimum atomic E-state index is -1.02. The van der Waals surface area contributed by atoms with Gasteiger partial charge in [-0.05, 0) is 18.2 Å². The number of carboxylic acid groups (broad SMARTS) is 1. The van der Waals surface area contributed by atoms with E-state index in [0.717, 1.165) is 0 Å². The second kappa shape index (κ2) is 4.11. The van der Waals surface area contributed by atoms with Crippen LogP contribution >= 0.6 is 0 Å². The summed E-state index contributed by atoms with van der Waals surface area (Å²) in [5.74, 6) is -0.744. The highest BCUT2D eigenvalue weighted by Crippen LogP contribution is 2.19. The first kappa shape index (κ1) is 10.3. The maximum atomic E-state index is 10.7. The molecule has 2 aromatic rings. The van der Waals surface area contributed by atoms with E-state index in [1.165, 1.54) is 12.1 Å². The van der Waals surface area contributed by atoms with Crippen LogP contribution in [0.15, 0.2) is 28.7 Å². The maximum Gasteiger partial charge on any atom is 0.335 e. The lowest BCUT2D eigenvalue weighted by Gasteiger charge is -1.96. The van der Waals surface area contributed by atoms with Gasteiger partial charge in [-0.2, -0.15) is 0 Å². The molecular weight excluding hydrogens is 212 g/mol. The Morgan fingerprint density at radius 3 is 2.81 bits per heavy atom. The molecule has 0 saturated heterocycles. The van der Waals surface area contributed by atoms with Crippen LogP contribution in [0.1, 0.15) is 16.2 Å². The SMILES string of the molecule is O=C(O)c1cccc(-c2nnc(CO)o2)c1. The van der Waals surface area contributed by atoms with Crippen molar-refractivity contribution in [2.45, 2.75) is 6.61 Å². The van der Waals surface area contributed by atoms with Crippen molar-refractivity contribution < 1.29 is 19.4 Å². The third-order valence-electron chi connectivity index (χ3n) is 1.96.